The normalized spacial score (nSPS) is 25.7. The van der Waals surface area contributed by atoms with Gasteiger partial charge in [-0.1, -0.05) is 11.8 Å². The number of aliphatic hydroxyl groups is 1. The van der Waals surface area contributed by atoms with E-state index in [0.29, 0.717) is 29.9 Å². The lowest BCUT2D eigenvalue weighted by Gasteiger charge is -2.39. The predicted molar refractivity (Wildman–Crippen MR) is 131 cm³/mol. The summed E-state index contributed by atoms with van der Waals surface area (Å²) in [6.07, 6.45) is 10.8. The molecule has 0 aromatic carbocycles. The van der Waals surface area contributed by atoms with Crippen LogP contribution in [0.3, 0.4) is 0 Å². The fraction of sp³-hybridized carbons (Fsp3) is 0.640. The van der Waals surface area contributed by atoms with E-state index in [9.17, 15) is 5.11 Å². The number of fused-ring (bicyclic) bond motifs is 3. The lowest BCUT2D eigenvalue weighted by molar-refractivity contribution is 0.0975. The van der Waals surface area contributed by atoms with Gasteiger partial charge in [0.05, 0.1) is 37.0 Å². The number of aliphatic hydroxyl groups excluding tert-OH is 1. The van der Waals surface area contributed by atoms with Crippen LogP contribution in [-0.2, 0) is 11.3 Å². The zero-order valence-electron chi connectivity index (χ0n) is 19.8. The number of ether oxygens (including phenoxy) is 2. The molecule has 0 amide bonds. The molecule has 0 aliphatic carbocycles. The molecule has 1 unspecified atom stereocenters. The summed E-state index contributed by atoms with van der Waals surface area (Å²) in [6.45, 7) is 6.50. The number of hydrogen-bond acceptors (Lipinski definition) is 9. The fourth-order valence-electron chi connectivity index (χ4n) is 6.08. The van der Waals surface area contributed by atoms with Crippen LogP contribution in [0.15, 0.2) is 28.4 Å². The van der Waals surface area contributed by atoms with Gasteiger partial charge in [0, 0.05) is 38.3 Å². The summed E-state index contributed by atoms with van der Waals surface area (Å²) in [5.74, 6) is 2.60. The summed E-state index contributed by atoms with van der Waals surface area (Å²) < 4.78 is 12.0. The van der Waals surface area contributed by atoms with Gasteiger partial charge in [-0.25, -0.2) is 15.0 Å². The van der Waals surface area contributed by atoms with Crippen LogP contribution in [0.25, 0.3) is 0 Å². The number of rotatable bonds is 4. The molecular weight excluding hydrogens is 450 g/mol. The van der Waals surface area contributed by atoms with Crippen molar-refractivity contribution in [1.82, 2.24) is 15.0 Å². The van der Waals surface area contributed by atoms with Gasteiger partial charge in [-0.15, -0.1) is 0 Å². The summed E-state index contributed by atoms with van der Waals surface area (Å²) in [7, 11) is 0. The highest BCUT2D eigenvalue weighted by atomic mass is 32.2. The van der Waals surface area contributed by atoms with Crippen molar-refractivity contribution in [1.29, 1.82) is 0 Å². The van der Waals surface area contributed by atoms with Gasteiger partial charge in [-0.2, -0.15) is 0 Å². The quantitative estimate of drug-likeness (QED) is 0.700. The number of piperidine rings is 1. The maximum Gasteiger partial charge on any atom is 0.175 e. The molecule has 0 saturated carbocycles. The predicted octanol–water partition coefficient (Wildman–Crippen LogP) is 3.66. The van der Waals surface area contributed by atoms with Crippen LogP contribution in [0.4, 0.5) is 11.6 Å². The minimum absolute atomic E-state index is 0.126. The Labute approximate surface area is 205 Å². The van der Waals surface area contributed by atoms with Gasteiger partial charge in [-0.3, -0.25) is 0 Å². The number of nitrogens with zero attached hydrogens (tertiary/aromatic N) is 5. The lowest BCUT2D eigenvalue weighted by atomic mass is 9.77. The fourth-order valence-corrected chi connectivity index (χ4v) is 6.93. The summed E-state index contributed by atoms with van der Waals surface area (Å²) in [5.41, 5.74) is 0.948. The molecule has 0 bridgehead atoms. The van der Waals surface area contributed by atoms with Crippen molar-refractivity contribution in [2.75, 3.05) is 42.6 Å². The minimum Gasteiger partial charge on any atom is -0.488 e. The monoisotopic (exact) mass is 483 g/mol. The van der Waals surface area contributed by atoms with Gasteiger partial charge in [0.25, 0.3) is 0 Å². The zero-order valence-corrected chi connectivity index (χ0v) is 20.6. The SMILES string of the molecule is C[C@H]1CC2(CCN(c3ncc(Sc4ccnc5c4OCCC4CCCN54)nc3CO)CC2)CO1. The molecule has 2 atom stereocenters. The lowest BCUT2D eigenvalue weighted by Crippen LogP contribution is -2.41. The first kappa shape index (κ1) is 22.4. The third-order valence-electron chi connectivity index (χ3n) is 7.88. The molecule has 3 fully saturated rings. The molecule has 3 saturated heterocycles. The second kappa shape index (κ2) is 9.17. The molecule has 6 rings (SSSR count). The standard InChI is InChI=1S/C25H33N5O3S/c1-17-13-25(16-33-17)6-10-29(11-7-25)23-19(15-31)28-21(14-27-23)34-20-4-8-26-24-22(20)32-12-5-18-3-2-9-30(18)24/h4,8,14,17-18,31H,2-3,5-7,9-13,15-16H2,1H3/t17-,18?/m0/s1. The van der Waals surface area contributed by atoms with E-state index in [1.165, 1.54) is 24.6 Å². The highest BCUT2D eigenvalue weighted by Gasteiger charge is 2.41. The van der Waals surface area contributed by atoms with Crippen LogP contribution in [-0.4, -0.2) is 65.1 Å². The molecular formula is C25H33N5O3S. The van der Waals surface area contributed by atoms with Crippen molar-refractivity contribution < 1.29 is 14.6 Å². The van der Waals surface area contributed by atoms with Gasteiger partial charge in [0.15, 0.2) is 17.4 Å². The molecule has 4 aliphatic rings. The molecule has 182 valence electrons. The Morgan fingerprint density at radius 2 is 2.06 bits per heavy atom. The van der Waals surface area contributed by atoms with Crippen molar-refractivity contribution in [3.8, 4) is 5.75 Å². The topological polar surface area (TPSA) is 83.8 Å². The summed E-state index contributed by atoms with van der Waals surface area (Å²) >= 11 is 1.53. The van der Waals surface area contributed by atoms with E-state index in [2.05, 4.69) is 21.7 Å². The van der Waals surface area contributed by atoms with Crippen LogP contribution in [0.5, 0.6) is 5.75 Å². The molecule has 2 aromatic rings. The molecule has 34 heavy (non-hydrogen) atoms. The van der Waals surface area contributed by atoms with Gasteiger partial charge < -0.3 is 24.4 Å². The Hall–Kier alpha value is -2.10. The van der Waals surface area contributed by atoms with Crippen molar-refractivity contribution in [3.05, 3.63) is 24.2 Å². The average molecular weight is 484 g/mol. The Bertz CT molecular complexity index is 1050. The van der Waals surface area contributed by atoms with E-state index in [4.69, 9.17) is 19.4 Å². The average Bonchev–Trinajstić information content (AvgIpc) is 3.42. The van der Waals surface area contributed by atoms with Crippen LogP contribution >= 0.6 is 11.8 Å². The van der Waals surface area contributed by atoms with E-state index < -0.39 is 0 Å². The first-order valence-electron chi connectivity index (χ1n) is 12.5. The molecule has 1 spiro atoms. The van der Waals surface area contributed by atoms with E-state index in [0.717, 1.165) is 79.2 Å². The van der Waals surface area contributed by atoms with Gasteiger partial charge in [0.2, 0.25) is 0 Å². The first-order chi connectivity index (χ1) is 16.6. The largest absolute Gasteiger partial charge is 0.488 e. The Morgan fingerprint density at radius 1 is 1.18 bits per heavy atom. The second-order valence-corrected chi connectivity index (χ2v) is 11.2. The van der Waals surface area contributed by atoms with Crippen LogP contribution in [0.2, 0.25) is 0 Å². The molecule has 4 aliphatic heterocycles. The zero-order chi connectivity index (χ0) is 23.1. The molecule has 6 heterocycles. The van der Waals surface area contributed by atoms with Crippen LogP contribution in [0, 0.1) is 5.41 Å². The van der Waals surface area contributed by atoms with Crippen molar-refractivity contribution in [2.45, 2.75) is 74.1 Å². The third-order valence-corrected chi connectivity index (χ3v) is 8.83. The molecule has 2 aromatic heterocycles. The molecule has 1 N–H and O–H groups in total. The molecule has 9 heteroatoms. The highest BCUT2D eigenvalue weighted by Crippen LogP contribution is 2.45. The summed E-state index contributed by atoms with van der Waals surface area (Å²) in [5, 5.41) is 10.9. The summed E-state index contributed by atoms with van der Waals surface area (Å²) in [6, 6.07) is 2.51. The van der Waals surface area contributed by atoms with Crippen molar-refractivity contribution in [3.63, 3.8) is 0 Å². The smallest absolute Gasteiger partial charge is 0.175 e. The van der Waals surface area contributed by atoms with Gasteiger partial charge >= 0.3 is 0 Å². The van der Waals surface area contributed by atoms with E-state index in [-0.39, 0.29) is 6.61 Å². The first-order valence-corrected chi connectivity index (χ1v) is 13.4. The maximum absolute atomic E-state index is 10.1. The highest BCUT2D eigenvalue weighted by molar-refractivity contribution is 7.99. The summed E-state index contributed by atoms with van der Waals surface area (Å²) in [4.78, 5) is 19.9. The van der Waals surface area contributed by atoms with Crippen molar-refractivity contribution >= 4 is 23.4 Å². The van der Waals surface area contributed by atoms with Gasteiger partial charge in [-0.05, 0) is 50.5 Å². The van der Waals surface area contributed by atoms with Crippen LogP contribution in [0.1, 0.15) is 51.1 Å². The Balaban J connectivity index is 1.21. The van der Waals surface area contributed by atoms with E-state index >= 15 is 0 Å². The van der Waals surface area contributed by atoms with Crippen molar-refractivity contribution in [2.24, 2.45) is 5.41 Å². The van der Waals surface area contributed by atoms with E-state index in [1.807, 2.05) is 18.5 Å². The second-order valence-electron chi connectivity index (χ2n) is 10.1. The minimum atomic E-state index is -0.126. The number of hydrogen-bond donors (Lipinski definition) is 1. The third kappa shape index (κ3) is 4.12. The maximum atomic E-state index is 10.1. The number of aromatic nitrogens is 3. The Morgan fingerprint density at radius 3 is 2.85 bits per heavy atom. The van der Waals surface area contributed by atoms with E-state index in [1.54, 1.807) is 0 Å². The molecule has 8 nitrogen and oxygen atoms in total. The van der Waals surface area contributed by atoms with Crippen LogP contribution < -0.4 is 14.5 Å². The van der Waals surface area contributed by atoms with Gasteiger partial charge in [0.1, 0.15) is 10.7 Å². The Kier molecular flexibility index (Phi) is 6.03. The number of pyridine rings is 1. The molecule has 0 radical (unpaired) electrons. The number of anilines is 2.